The summed E-state index contributed by atoms with van der Waals surface area (Å²) in [5, 5.41) is 5.73. The van der Waals surface area contributed by atoms with Gasteiger partial charge in [0.2, 0.25) is 11.8 Å². The third-order valence-corrected chi connectivity index (χ3v) is 5.33. The zero-order valence-electron chi connectivity index (χ0n) is 11.7. The maximum Gasteiger partial charge on any atom is 0.223 e. The van der Waals surface area contributed by atoms with Gasteiger partial charge in [-0.05, 0) is 55.8 Å². The van der Waals surface area contributed by atoms with Gasteiger partial charge in [0.15, 0.2) is 0 Å². The van der Waals surface area contributed by atoms with Crippen molar-refractivity contribution in [3.05, 3.63) is 0 Å². The molecule has 4 heteroatoms. The highest BCUT2D eigenvalue weighted by molar-refractivity contribution is 5.79. The SMILES string of the molecule is CC(=O)NCCNC(=O)C1C2CC3CC(C2)CC1C3. The molecule has 0 aliphatic heterocycles. The van der Waals surface area contributed by atoms with Crippen LogP contribution in [-0.4, -0.2) is 24.9 Å². The van der Waals surface area contributed by atoms with Gasteiger partial charge < -0.3 is 10.6 Å². The van der Waals surface area contributed by atoms with Crippen LogP contribution in [0.2, 0.25) is 0 Å². The summed E-state index contributed by atoms with van der Waals surface area (Å²) in [6.45, 7) is 2.59. The molecule has 0 aromatic rings. The minimum atomic E-state index is -0.0381. The molecule has 4 saturated carbocycles. The molecule has 0 atom stereocenters. The maximum absolute atomic E-state index is 12.4. The third-order valence-electron chi connectivity index (χ3n) is 5.33. The fourth-order valence-electron chi connectivity index (χ4n) is 4.90. The summed E-state index contributed by atoms with van der Waals surface area (Å²) in [5.74, 6) is 3.54. The van der Waals surface area contributed by atoms with Crippen LogP contribution in [0.5, 0.6) is 0 Å². The van der Waals surface area contributed by atoms with Crippen LogP contribution in [0.4, 0.5) is 0 Å². The van der Waals surface area contributed by atoms with Crippen LogP contribution in [0.15, 0.2) is 0 Å². The summed E-state index contributed by atoms with van der Waals surface area (Å²) in [5.41, 5.74) is 0. The zero-order valence-corrected chi connectivity index (χ0v) is 11.7. The van der Waals surface area contributed by atoms with Crippen molar-refractivity contribution in [2.24, 2.45) is 29.6 Å². The molecule has 19 heavy (non-hydrogen) atoms. The van der Waals surface area contributed by atoms with Gasteiger partial charge in [-0.2, -0.15) is 0 Å². The number of amides is 2. The highest BCUT2D eigenvalue weighted by atomic mass is 16.2. The monoisotopic (exact) mass is 264 g/mol. The molecule has 0 radical (unpaired) electrons. The molecule has 4 aliphatic carbocycles. The van der Waals surface area contributed by atoms with Crippen LogP contribution in [0, 0.1) is 29.6 Å². The number of carbonyl (C=O) groups excluding carboxylic acids is 2. The smallest absolute Gasteiger partial charge is 0.223 e. The van der Waals surface area contributed by atoms with E-state index in [0.29, 0.717) is 24.9 Å². The number of hydrogen-bond acceptors (Lipinski definition) is 2. The Kier molecular flexibility index (Phi) is 3.50. The van der Waals surface area contributed by atoms with Gasteiger partial charge in [0.05, 0.1) is 0 Å². The summed E-state index contributed by atoms with van der Waals surface area (Å²) in [4.78, 5) is 23.1. The first-order chi connectivity index (χ1) is 9.13. The van der Waals surface area contributed by atoms with E-state index < -0.39 is 0 Å². The molecule has 4 fully saturated rings. The van der Waals surface area contributed by atoms with Crippen molar-refractivity contribution >= 4 is 11.8 Å². The summed E-state index contributed by atoms with van der Waals surface area (Å²) in [7, 11) is 0. The predicted molar refractivity (Wildman–Crippen MR) is 72.2 cm³/mol. The van der Waals surface area contributed by atoms with Crippen molar-refractivity contribution < 1.29 is 9.59 Å². The van der Waals surface area contributed by atoms with E-state index in [4.69, 9.17) is 0 Å². The Morgan fingerprint density at radius 1 is 0.895 bits per heavy atom. The van der Waals surface area contributed by atoms with E-state index in [9.17, 15) is 9.59 Å². The van der Waals surface area contributed by atoms with Gasteiger partial charge in [0.1, 0.15) is 0 Å². The lowest BCUT2D eigenvalue weighted by molar-refractivity contribution is -0.138. The maximum atomic E-state index is 12.4. The summed E-state index contributed by atoms with van der Waals surface area (Å²) < 4.78 is 0. The number of rotatable bonds is 4. The van der Waals surface area contributed by atoms with Crippen molar-refractivity contribution in [1.82, 2.24) is 10.6 Å². The Labute approximate surface area is 114 Å². The van der Waals surface area contributed by atoms with E-state index in [1.54, 1.807) is 0 Å². The Bertz CT molecular complexity index is 352. The summed E-state index contributed by atoms with van der Waals surface area (Å²) in [6.07, 6.45) is 6.52. The van der Waals surface area contributed by atoms with E-state index in [1.807, 2.05) is 0 Å². The number of carbonyl (C=O) groups is 2. The second-order valence-corrected chi connectivity index (χ2v) is 6.73. The van der Waals surface area contributed by atoms with Crippen LogP contribution in [0.3, 0.4) is 0 Å². The third kappa shape index (κ3) is 2.63. The standard InChI is InChI=1S/C15H24N2O2/c1-9(18)16-2-3-17-15(19)14-12-5-10-4-11(7-12)8-13(14)6-10/h10-14H,2-8H2,1H3,(H,16,18)(H,17,19). The van der Waals surface area contributed by atoms with Gasteiger partial charge in [0, 0.05) is 25.9 Å². The van der Waals surface area contributed by atoms with Gasteiger partial charge in [-0.1, -0.05) is 0 Å². The Morgan fingerprint density at radius 2 is 1.42 bits per heavy atom. The van der Waals surface area contributed by atoms with Gasteiger partial charge in [-0.3, -0.25) is 9.59 Å². The fraction of sp³-hybridized carbons (Fsp3) is 0.867. The van der Waals surface area contributed by atoms with Crippen LogP contribution in [0.1, 0.15) is 39.0 Å². The Morgan fingerprint density at radius 3 is 1.95 bits per heavy atom. The van der Waals surface area contributed by atoms with Crippen molar-refractivity contribution in [2.45, 2.75) is 39.0 Å². The predicted octanol–water partition coefficient (Wildman–Crippen LogP) is 1.31. The molecule has 4 bridgehead atoms. The molecule has 0 saturated heterocycles. The van der Waals surface area contributed by atoms with Gasteiger partial charge in [-0.15, -0.1) is 0 Å². The second-order valence-electron chi connectivity index (χ2n) is 6.73. The topological polar surface area (TPSA) is 58.2 Å². The Balaban J connectivity index is 1.51. The quantitative estimate of drug-likeness (QED) is 0.752. The molecule has 4 rings (SSSR count). The lowest BCUT2D eigenvalue weighted by Gasteiger charge is -2.53. The van der Waals surface area contributed by atoms with E-state index in [1.165, 1.54) is 39.0 Å². The molecule has 4 aliphatic rings. The lowest BCUT2D eigenvalue weighted by atomic mass is 9.51. The molecule has 106 valence electrons. The molecule has 0 aromatic heterocycles. The van der Waals surface area contributed by atoms with Crippen molar-refractivity contribution in [1.29, 1.82) is 0 Å². The first kappa shape index (κ1) is 12.9. The van der Waals surface area contributed by atoms with Crippen LogP contribution < -0.4 is 10.6 Å². The summed E-state index contributed by atoms with van der Waals surface area (Å²) in [6, 6.07) is 0. The largest absolute Gasteiger partial charge is 0.355 e. The molecule has 0 spiro atoms. The minimum Gasteiger partial charge on any atom is -0.355 e. The number of hydrogen-bond donors (Lipinski definition) is 2. The highest BCUT2D eigenvalue weighted by Gasteiger charge is 2.50. The van der Waals surface area contributed by atoms with E-state index in [0.717, 1.165) is 11.8 Å². The normalized spacial score (nSPS) is 39.1. The average Bonchev–Trinajstić information content (AvgIpc) is 2.33. The minimum absolute atomic E-state index is 0.0381. The van der Waals surface area contributed by atoms with E-state index >= 15 is 0 Å². The van der Waals surface area contributed by atoms with Crippen LogP contribution in [0.25, 0.3) is 0 Å². The van der Waals surface area contributed by atoms with Crippen LogP contribution in [-0.2, 0) is 9.59 Å². The molecule has 4 nitrogen and oxygen atoms in total. The van der Waals surface area contributed by atoms with E-state index in [2.05, 4.69) is 10.6 Å². The van der Waals surface area contributed by atoms with Crippen molar-refractivity contribution in [3.63, 3.8) is 0 Å². The van der Waals surface area contributed by atoms with Crippen LogP contribution >= 0.6 is 0 Å². The van der Waals surface area contributed by atoms with Gasteiger partial charge >= 0.3 is 0 Å². The molecule has 2 amide bonds. The molecular weight excluding hydrogens is 240 g/mol. The molecule has 0 unspecified atom stereocenters. The first-order valence-electron chi connectivity index (χ1n) is 7.65. The van der Waals surface area contributed by atoms with Gasteiger partial charge in [-0.25, -0.2) is 0 Å². The zero-order chi connectivity index (χ0) is 13.4. The van der Waals surface area contributed by atoms with Crippen molar-refractivity contribution in [2.75, 3.05) is 13.1 Å². The lowest BCUT2D eigenvalue weighted by Crippen LogP contribution is -2.51. The fourth-order valence-corrected chi connectivity index (χ4v) is 4.90. The Hall–Kier alpha value is -1.06. The molecular formula is C15H24N2O2. The average molecular weight is 264 g/mol. The van der Waals surface area contributed by atoms with Gasteiger partial charge in [0.25, 0.3) is 0 Å². The molecule has 0 aromatic carbocycles. The van der Waals surface area contributed by atoms with E-state index in [-0.39, 0.29) is 17.7 Å². The highest BCUT2D eigenvalue weighted by Crippen LogP contribution is 2.56. The molecule has 0 heterocycles. The summed E-state index contributed by atoms with van der Waals surface area (Å²) >= 11 is 0. The first-order valence-corrected chi connectivity index (χ1v) is 7.65. The molecule has 2 N–H and O–H groups in total. The van der Waals surface area contributed by atoms with Crippen molar-refractivity contribution in [3.8, 4) is 0 Å². The number of nitrogens with one attached hydrogen (secondary N) is 2. The second kappa shape index (κ2) is 5.14.